The molecule has 3 nitrogen and oxygen atoms in total. The van der Waals surface area contributed by atoms with Gasteiger partial charge in [-0.3, -0.25) is 0 Å². The van der Waals surface area contributed by atoms with Crippen molar-refractivity contribution in [3.8, 4) is 0 Å². The minimum atomic E-state index is -0.334. The fraction of sp³-hybridized carbons (Fsp3) is 1.00. The Kier molecular flexibility index (Phi) is 5.53. The lowest BCUT2D eigenvalue weighted by Gasteiger charge is -2.34. The molecule has 0 saturated carbocycles. The van der Waals surface area contributed by atoms with E-state index in [1.807, 2.05) is 13.8 Å². The normalized spacial score (nSPS) is 18.7. The number of ether oxygens (including phenoxy) is 1. The Balaban J connectivity index is 4.11. The smallest absolute Gasteiger partial charge is 0.0744 e. The highest BCUT2D eigenvalue weighted by atomic mass is 16.5. The zero-order valence-electron chi connectivity index (χ0n) is 9.42. The van der Waals surface area contributed by atoms with Crippen LogP contribution in [-0.4, -0.2) is 37.0 Å². The number of rotatable bonds is 6. The average Bonchev–Trinajstić information content (AvgIpc) is 2.12. The van der Waals surface area contributed by atoms with E-state index in [4.69, 9.17) is 4.74 Å². The molecular formula is C10H23NO2. The van der Waals surface area contributed by atoms with Crippen molar-refractivity contribution < 1.29 is 9.84 Å². The van der Waals surface area contributed by atoms with Crippen LogP contribution in [0, 0.1) is 5.92 Å². The van der Waals surface area contributed by atoms with Crippen molar-refractivity contribution in [3.05, 3.63) is 0 Å². The summed E-state index contributed by atoms with van der Waals surface area (Å²) in [4.78, 5) is 0. The van der Waals surface area contributed by atoms with Crippen molar-refractivity contribution in [2.45, 2.75) is 39.3 Å². The van der Waals surface area contributed by atoms with Gasteiger partial charge in [0.15, 0.2) is 0 Å². The SMILES string of the molecule is COC(C)C(C)(CO)NCC(C)C. The Hall–Kier alpha value is -0.120. The molecule has 0 aromatic carbocycles. The molecule has 0 aromatic heterocycles. The molecule has 80 valence electrons. The molecule has 0 fully saturated rings. The van der Waals surface area contributed by atoms with E-state index in [-0.39, 0.29) is 18.2 Å². The van der Waals surface area contributed by atoms with Crippen LogP contribution in [0.4, 0.5) is 0 Å². The zero-order valence-corrected chi connectivity index (χ0v) is 9.42. The number of methoxy groups -OCH3 is 1. The van der Waals surface area contributed by atoms with E-state index in [0.29, 0.717) is 5.92 Å². The van der Waals surface area contributed by atoms with Crippen LogP contribution in [0.1, 0.15) is 27.7 Å². The van der Waals surface area contributed by atoms with Crippen molar-refractivity contribution in [1.29, 1.82) is 0 Å². The van der Waals surface area contributed by atoms with Gasteiger partial charge in [0.05, 0.1) is 18.2 Å². The van der Waals surface area contributed by atoms with Gasteiger partial charge in [-0.1, -0.05) is 13.8 Å². The van der Waals surface area contributed by atoms with Crippen molar-refractivity contribution in [2.24, 2.45) is 5.92 Å². The van der Waals surface area contributed by atoms with Crippen molar-refractivity contribution in [1.82, 2.24) is 5.32 Å². The molecule has 13 heavy (non-hydrogen) atoms. The number of aliphatic hydroxyl groups is 1. The van der Waals surface area contributed by atoms with E-state index >= 15 is 0 Å². The van der Waals surface area contributed by atoms with Gasteiger partial charge in [-0.15, -0.1) is 0 Å². The monoisotopic (exact) mass is 189 g/mol. The van der Waals surface area contributed by atoms with Gasteiger partial charge in [0.1, 0.15) is 0 Å². The third kappa shape index (κ3) is 4.07. The van der Waals surface area contributed by atoms with Gasteiger partial charge in [0, 0.05) is 7.11 Å². The second kappa shape index (κ2) is 5.58. The van der Waals surface area contributed by atoms with E-state index in [1.54, 1.807) is 7.11 Å². The largest absolute Gasteiger partial charge is 0.394 e. The van der Waals surface area contributed by atoms with Crippen molar-refractivity contribution in [2.75, 3.05) is 20.3 Å². The van der Waals surface area contributed by atoms with Crippen LogP contribution >= 0.6 is 0 Å². The summed E-state index contributed by atoms with van der Waals surface area (Å²) in [5.41, 5.74) is -0.334. The van der Waals surface area contributed by atoms with E-state index in [2.05, 4.69) is 19.2 Å². The summed E-state index contributed by atoms with van der Waals surface area (Å²) in [6.07, 6.45) is 0.0104. The van der Waals surface area contributed by atoms with Crippen LogP contribution in [-0.2, 0) is 4.74 Å². The molecule has 0 rings (SSSR count). The first-order chi connectivity index (χ1) is 5.96. The summed E-state index contributed by atoms with van der Waals surface area (Å²) in [6.45, 7) is 9.21. The summed E-state index contributed by atoms with van der Waals surface area (Å²) in [6, 6.07) is 0. The predicted octanol–water partition coefficient (Wildman–Crippen LogP) is 1.02. The molecule has 0 heterocycles. The average molecular weight is 189 g/mol. The van der Waals surface area contributed by atoms with E-state index in [0.717, 1.165) is 6.54 Å². The van der Waals surface area contributed by atoms with Gasteiger partial charge in [-0.25, -0.2) is 0 Å². The fourth-order valence-electron chi connectivity index (χ4n) is 1.03. The topological polar surface area (TPSA) is 41.5 Å². The van der Waals surface area contributed by atoms with Crippen molar-refractivity contribution >= 4 is 0 Å². The quantitative estimate of drug-likeness (QED) is 0.655. The molecule has 0 aliphatic heterocycles. The summed E-state index contributed by atoms with van der Waals surface area (Å²) in [5.74, 6) is 0.579. The van der Waals surface area contributed by atoms with Crippen molar-refractivity contribution in [3.63, 3.8) is 0 Å². The zero-order chi connectivity index (χ0) is 10.5. The molecule has 0 radical (unpaired) electrons. The summed E-state index contributed by atoms with van der Waals surface area (Å²) >= 11 is 0. The summed E-state index contributed by atoms with van der Waals surface area (Å²) in [5, 5.41) is 12.6. The third-order valence-corrected chi connectivity index (χ3v) is 2.49. The molecule has 3 heteroatoms. The maximum absolute atomic E-state index is 9.26. The first-order valence-corrected chi connectivity index (χ1v) is 4.85. The lowest BCUT2D eigenvalue weighted by Crippen LogP contribution is -2.55. The van der Waals surface area contributed by atoms with E-state index < -0.39 is 0 Å². The van der Waals surface area contributed by atoms with Gasteiger partial charge in [0.2, 0.25) is 0 Å². The van der Waals surface area contributed by atoms with Crippen LogP contribution < -0.4 is 5.32 Å². The van der Waals surface area contributed by atoms with Crippen LogP contribution in [0.25, 0.3) is 0 Å². The van der Waals surface area contributed by atoms with Gasteiger partial charge in [-0.05, 0) is 26.3 Å². The minimum Gasteiger partial charge on any atom is -0.394 e. The molecule has 2 unspecified atom stereocenters. The lowest BCUT2D eigenvalue weighted by molar-refractivity contribution is 0.00692. The second-order valence-corrected chi connectivity index (χ2v) is 4.23. The lowest BCUT2D eigenvalue weighted by atomic mass is 9.96. The number of hydrogen-bond donors (Lipinski definition) is 2. The Morgan fingerprint density at radius 3 is 2.23 bits per heavy atom. The van der Waals surface area contributed by atoms with Crippen LogP contribution in [0.3, 0.4) is 0 Å². The molecule has 0 aliphatic rings. The summed E-state index contributed by atoms with van der Waals surface area (Å²) < 4.78 is 5.22. The van der Waals surface area contributed by atoms with E-state index in [1.165, 1.54) is 0 Å². The highest BCUT2D eigenvalue weighted by Crippen LogP contribution is 2.12. The van der Waals surface area contributed by atoms with Gasteiger partial charge < -0.3 is 15.2 Å². The molecule has 0 saturated heterocycles. The molecular weight excluding hydrogens is 166 g/mol. The number of hydrogen-bond acceptors (Lipinski definition) is 3. The number of aliphatic hydroxyl groups excluding tert-OH is 1. The standard InChI is InChI=1S/C10H23NO2/c1-8(2)6-11-10(4,7-12)9(3)13-5/h8-9,11-12H,6-7H2,1-5H3. The molecule has 0 aromatic rings. The molecule has 2 N–H and O–H groups in total. The molecule has 0 amide bonds. The maximum atomic E-state index is 9.26. The second-order valence-electron chi connectivity index (χ2n) is 4.23. The minimum absolute atomic E-state index is 0.0104. The highest BCUT2D eigenvalue weighted by molar-refractivity contribution is 4.88. The van der Waals surface area contributed by atoms with Gasteiger partial charge >= 0.3 is 0 Å². The predicted molar refractivity (Wildman–Crippen MR) is 54.8 cm³/mol. The van der Waals surface area contributed by atoms with Crippen LogP contribution in [0.15, 0.2) is 0 Å². The fourth-order valence-corrected chi connectivity index (χ4v) is 1.03. The molecule has 0 bridgehead atoms. The highest BCUT2D eigenvalue weighted by Gasteiger charge is 2.29. The third-order valence-electron chi connectivity index (χ3n) is 2.49. The van der Waals surface area contributed by atoms with Crippen LogP contribution in [0.2, 0.25) is 0 Å². The molecule has 0 spiro atoms. The maximum Gasteiger partial charge on any atom is 0.0744 e. The Morgan fingerprint density at radius 2 is 1.92 bits per heavy atom. The molecule has 2 atom stereocenters. The van der Waals surface area contributed by atoms with Gasteiger partial charge in [0.25, 0.3) is 0 Å². The Labute approximate surface area is 81.5 Å². The Morgan fingerprint density at radius 1 is 1.38 bits per heavy atom. The Bertz CT molecular complexity index is 139. The summed E-state index contributed by atoms with van der Waals surface area (Å²) in [7, 11) is 1.66. The number of nitrogens with one attached hydrogen (secondary N) is 1. The van der Waals surface area contributed by atoms with E-state index in [9.17, 15) is 5.11 Å². The molecule has 0 aliphatic carbocycles. The van der Waals surface area contributed by atoms with Crippen LogP contribution in [0.5, 0.6) is 0 Å². The first-order valence-electron chi connectivity index (χ1n) is 4.85. The van der Waals surface area contributed by atoms with Gasteiger partial charge in [-0.2, -0.15) is 0 Å². The first kappa shape index (κ1) is 12.9.